The lowest BCUT2D eigenvalue weighted by atomic mass is 10.3. The number of carbonyl (C=O) groups excluding carboxylic acids is 1. The lowest BCUT2D eigenvalue weighted by molar-refractivity contribution is -0.117. The van der Waals surface area contributed by atoms with E-state index in [4.69, 9.17) is 0 Å². The van der Waals surface area contributed by atoms with Gasteiger partial charge in [-0.3, -0.25) is 18.9 Å². The molecule has 1 amide bonds. The quantitative estimate of drug-likeness (QED) is 0.743. The number of hydrogen-bond donors (Lipinski definition) is 1. The number of nitrogens with zero attached hydrogens (tertiary/aromatic N) is 4. The Balaban J connectivity index is 1.35. The van der Waals surface area contributed by atoms with Crippen molar-refractivity contribution in [3.8, 4) is 0 Å². The largest absolute Gasteiger partial charge is 0.354 e. The molecule has 3 aromatic rings. The molecule has 2 aromatic heterocycles. The monoisotopic (exact) mass is 381 g/mol. The molecule has 0 aliphatic carbocycles. The van der Waals surface area contributed by atoms with Crippen molar-refractivity contribution in [2.75, 3.05) is 42.9 Å². The molecule has 0 bridgehead atoms. The first-order chi connectivity index (χ1) is 13.6. The first-order valence-electron chi connectivity index (χ1n) is 9.10. The van der Waals surface area contributed by atoms with Crippen LogP contribution in [0.4, 0.5) is 15.9 Å². The molecule has 1 aliphatic rings. The van der Waals surface area contributed by atoms with Crippen molar-refractivity contribution in [1.29, 1.82) is 0 Å². The number of benzene rings is 1. The summed E-state index contributed by atoms with van der Waals surface area (Å²) < 4.78 is 14.4. The minimum absolute atomic E-state index is 0.110. The number of amides is 1. The van der Waals surface area contributed by atoms with E-state index in [1.807, 2.05) is 11.0 Å². The molecule has 0 saturated carbocycles. The van der Waals surface area contributed by atoms with Crippen LogP contribution in [0.15, 0.2) is 59.5 Å². The van der Waals surface area contributed by atoms with Crippen LogP contribution < -0.4 is 15.8 Å². The first kappa shape index (κ1) is 18.1. The maximum atomic E-state index is 12.9. The van der Waals surface area contributed by atoms with E-state index in [0.717, 1.165) is 0 Å². The zero-order valence-corrected chi connectivity index (χ0v) is 15.2. The summed E-state index contributed by atoms with van der Waals surface area (Å²) in [4.78, 5) is 33.1. The van der Waals surface area contributed by atoms with Crippen LogP contribution >= 0.6 is 0 Å². The Morgan fingerprint density at radius 3 is 2.57 bits per heavy atom. The molecule has 144 valence electrons. The van der Waals surface area contributed by atoms with Gasteiger partial charge in [-0.2, -0.15) is 0 Å². The van der Waals surface area contributed by atoms with Gasteiger partial charge in [-0.05, 0) is 36.4 Å². The number of aromatic nitrogens is 2. The van der Waals surface area contributed by atoms with Crippen LogP contribution in [0.3, 0.4) is 0 Å². The first-order valence-corrected chi connectivity index (χ1v) is 9.10. The van der Waals surface area contributed by atoms with Gasteiger partial charge < -0.3 is 10.2 Å². The van der Waals surface area contributed by atoms with Gasteiger partial charge in [0.1, 0.15) is 17.3 Å². The van der Waals surface area contributed by atoms with Crippen LogP contribution in [0.2, 0.25) is 0 Å². The summed E-state index contributed by atoms with van der Waals surface area (Å²) >= 11 is 0. The van der Waals surface area contributed by atoms with E-state index in [2.05, 4.69) is 15.2 Å². The number of fused-ring (bicyclic) bond motifs is 1. The van der Waals surface area contributed by atoms with E-state index in [9.17, 15) is 14.0 Å². The molecule has 0 atom stereocenters. The van der Waals surface area contributed by atoms with Gasteiger partial charge in [0.2, 0.25) is 5.91 Å². The topological polar surface area (TPSA) is 70.0 Å². The van der Waals surface area contributed by atoms with Crippen LogP contribution in [0, 0.1) is 5.82 Å². The van der Waals surface area contributed by atoms with Crippen molar-refractivity contribution < 1.29 is 9.18 Å². The zero-order chi connectivity index (χ0) is 19.5. The second-order valence-corrected chi connectivity index (χ2v) is 6.70. The third-order valence-corrected chi connectivity index (χ3v) is 4.75. The second-order valence-electron chi connectivity index (χ2n) is 6.70. The molecule has 0 spiro atoms. The third-order valence-electron chi connectivity index (χ3n) is 4.75. The Kier molecular flexibility index (Phi) is 5.03. The van der Waals surface area contributed by atoms with Crippen molar-refractivity contribution in [2.24, 2.45) is 0 Å². The van der Waals surface area contributed by atoms with Gasteiger partial charge in [0.25, 0.3) is 5.56 Å². The van der Waals surface area contributed by atoms with Crippen LogP contribution in [0.25, 0.3) is 5.65 Å². The molecule has 1 saturated heterocycles. The summed E-state index contributed by atoms with van der Waals surface area (Å²) in [5, 5.41) is 2.77. The Hall–Kier alpha value is -3.26. The van der Waals surface area contributed by atoms with Gasteiger partial charge >= 0.3 is 0 Å². The van der Waals surface area contributed by atoms with E-state index < -0.39 is 0 Å². The molecule has 4 rings (SSSR count). The summed E-state index contributed by atoms with van der Waals surface area (Å²) in [5.41, 5.74) is 1.08. The van der Waals surface area contributed by atoms with Crippen molar-refractivity contribution in [2.45, 2.75) is 0 Å². The van der Waals surface area contributed by atoms with Gasteiger partial charge in [0, 0.05) is 44.1 Å². The number of halogens is 1. The summed E-state index contributed by atoms with van der Waals surface area (Å²) in [6.07, 6.45) is 1.70. The van der Waals surface area contributed by atoms with Crippen LogP contribution in [0.5, 0.6) is 0 Å². The maximum absolute atomic E-state index is 12.9. The Morgan fingerprint density at radius 1 is 1.07 bits per heavy atom. The van der Waals surface area contributed by atoms with Gasteiger partial charge in [-0.1, -0.05) is 6.07 Å². The smallest absolute Gasteiger partial charge is 0.259 e. The molecule has 8 heteroatoms. The summed E-state index contributed by atoms with van der Waals surface area (Å²) in [7, 11) is 0. The number of anilines is 2. The Labute approximate surface area is 161 Å². The minimum Gasteiger partial charge on any atom is -0.354 e. The third kappa shape index (κ3) is 4.01. The highest BCUT2D eigenvalue weighted by Crippen LogP contribution is 2.13. The summed E-state index contributed by atoms with van der Waals surface area (Å²) in [6, 6.07) is 12.7. The Bertz CT molecular complexity index is 1040. The number of hydrogen-bond acceptors (Lipinski definition) is 5. The van der Waals surface area contributed by atoms with Gasteiger partial charge in [0.15, 0.2) is 0 Å². The van der Waals surface area contributed by atoms with E-state index in [1.165, 1.54) is 28.7 Å². The van der Waals surface area contributed by atoms with Crippen molar-refractivity contribution in [1.82, 2.24) is 14.3 Å². The van der Waals surface area contributed by atoms with Crippen molar-refractivity contribution in [3.63, 3.8) is 0 Å². The molecule has 1 aliphatic heterocycles. The SMILES string of the molecule is O=C(CN1CCN(c2cc(=O)n3ccccc3n2)CC1)Nc1ccc(F)cc1. The molecule has 3 heterocycles. The average molecular weight is 381 g/mol. The van der Waals surface area contributed by atoms with E-state index in [0.29, 0.717) is 43.3 Å². The summed E-state index contributed by atoms with van der Waals surface area (Å²) in [6.45, 7) is 3.00. The number of nitrogens with one attached hydrogen (secondary N) is 1. The normalized spacial score (nSPS) is 15.0. The molecular formula is C20H20FN5O2. The highest BCUT2D eigenvalue weighted by molar-refractivity contribution is 5.92. The number of piperazine rings is 1. The number of carbonyl (C=O) groups is 1. The predicted molar refractivity (Wildman–Crippen MR) is 105 cm³/mol. The lowest BCUT2D eigenvalue weighted by Crippen LogP contribution is -2.49. The molecule has 28 heavy (non-hydrogen) atoms. The highest BCUT2D eigenvalue weighted by atomic mass is 19.1. The molecule has 0 unspecified atom stereocenters. The fourth-order valence-corrected chi connectivity index (χ4v) is 3.28. The van der Waals surface area contributed by atoms with Gasteiger partial charge in [-0.25, -0.2) is 9.37 Å². The number of rotatable bonds is 4. The molecule has 1 aromatic carbocycles. The Morgan fingerprint density at radius 2 is 1.82 bits per heavy atom. The average Bonchev–Trinajstić information content (AvgIpc) is 2.70. The minimum atomic E-state index is -0.337. The predicted octanol–water partition coefficient (Wildman–Crippen LogP) is 1.59. The second kappa shape index (κ2) is 7.77. The lowest BCUT2D eigenvalue weighted by Gasteiger charge is -2.34. The zero-order valence-electron chi connectivity index (χ0n) is 15.2. The fourth-order valence-electron chi connectivity index (χ4n) is 3.28. The van der Waals surface area contributed by atoms with E-state index in [1.54, 1.807) is 24.4 Å². The van der Waals surface area contributed by atoms with Crippen molar-refractivity contribution >= 4 is 23.1 Å². The summed E-state index contributed by atoms with van der Waals surface area (Å²) in [5.74, 6) is 0.185. The highest BCUT2D eigenvalue weighted by Gasteiger charge is 2.20. The van der Waals surface area contributed by atoms with Gasteiger partial charge in [-0.15, -0.1) is 0 Å². The number of pyridine rings is 1. The molecule has 0 radical (unpaired) electrons. The van der Waals surface area contributed by atoms with Crippen LogP contribution in [0.1, 0.15) is 0 Å². The standard InChI is InChI=1S/C20H20FN5O2/c21-15-4-6-16(7-5-15)22-19(27)14-24-9-11-25(12-10-24)18-13-20(28)26-8-2-1-3-17(26)23-18/h1-8,13H,9-12,14H2,(H,22,27). The molecule has 1 fully saturated rings. The molecule has 7 nitrogen and oxygen atoms in total. The van der Waals surface area contributed by atoms with Crippen LogP contribution in [-0.2, 0) is 4.79 Å². The fraction of sp³-hybridized carbons (Fsp3) is 0.250. The van der Waals surface area contributed by atoms with E-state index in [-0.39, 0.29) is 23.8 Å². The van der Waals surface area contributed by atoms with Gasteiger partial charge in [0.05, 0.1) is 6.54 Å². The molecular weight excluding hydrogens is 361 g/mol. The van der Waals surface area contributed by atoms with Crippen LogP contribution in [-0.4, -0.2) is 52.9 Å². The molecule has 1 N–H and O–H groups in total. The van der Waals surface area contributed by atoms with E-state index >= 15 is 0 Å². The maximum Gasteiger partial charge on any atom is 0.259 e. The van der Waals surface area contributed by atoms with Crippen molar-refractivity contribution in [3.05, 3.63) is 70.9 Å².